The molecule has 6 nitrogen and oxygen atoms in total. The van der Waals surface area contributed by atoms with Crippen LogP contribution in [-0.4, -0.2) is 24.7 Å². The summed E-state index contributed by atoms with van der Waals surface area (Å²) in [5.41, 5.74) is 2.11. The molecule has 2 N–H and O–H groups in total. The second-order valence-electron chi connectivity index (χ2n) is 6.59. The molecule has 0 unspecified atom stereocenters. The number of nitrogens with zero attached hydrogens (tertiary/aromatic N) is 4. The predicted molar refractivity (Wildman–Crippen MR) is 125 cm³/mol. The van der Waals surface area contributed by atoms with Gasteiger partial charge in [0.25, 0.3) is 0 Å². The first-order chi connectivity index (χ1) is 14.5. The molecule has 0 aliphatic heterocycles. The standard InChI is InChI=1S/C21H18Cl2N6S/c22-17-7-5-15(6-8-17)13-28-11-9-19(26-28)24-21(30)25-20-10-12-29(27-20)14-16-3-1-2-4-18(16)23/h1-12H,13-14H2,(H2,24,25,26,27,30). The van der Waals surface area contributed by atoms with Gasteiger partial charge in [-0.05, 0) is 41.5 Å². The van der Waals surface area contributed by atoms with Gasteiger partial charge in [-0.1, -0.05) is 53.5 Å². The lowest BCUT2D eigenvalue weighted by Crippen LogP contribution is -2.20. The average Bonchev–Trinajstić information content (AvgIpc) is 3.35. The first kappa shape index (κ1) is 20.4. The summed E-state index contributed by atoms with van der Waals surface area (Å²) in [6, 6.07) is 19.1. The highest BCUT2D eigenvalue weighted by Gasteiger charge is 2.06. The lowest BCUT2D eigenvalue weighted by atomic mass is 10.2. The summed E-state index contributed by atoms with van der Waals surface area (Å²) in [4.78, 5) is 0. The Bertz CT molecular complexity index is 1150. The van der Waals surface area contributed by atoms with E-state index in [0.29, 0.717) is 39.9 Å². The lowest BCUT2D eigenvalue weighted by molar-refractivity contribution is 0.689. The molecule has 0 amide bonds. The number of thiocarbonyl (C=S) groups is 1. The van der Waals surface area contributed by atoms with Gasteiger partial charge < -0.3 is 10.6 Å². The molecular weight excluding hydrogens is 439 g/mol. The Morgan fingerprint density at radius 3 is 2.03 bits per heavy atom. The lowest BCUT2D eigenvalue weighted by Gasteiger charge is -2.07. The average molecular weight is 457 g/mol. The summed E-state index contributed by atoms with van der Waals surface area (Å²) in [5.74, 6) is 1.29. The van der Waals surface area contributed by atoms with Crippen molar-refractivity contribution in [2.45, 2.75) is 13.1 Å². The summed E-state index contributed by atoms with van der Waals surface area (Å²) in [6.07, 6.45) is 3.76. The Kier molecular flexibility index (Phi) is 6.32. The molecule has 0 aliphatic rings. The maximum Gasteiger partial charge on any atom is 0.177 e. The SMILES string of the molecule is S=C(Nc1ccn(Cc2ccc(Cl)cc2)n1)Nc1ccn(Cc2ccccc2Cl)n1. The van der Waals surface area contributed by atoms with E-state index in [1.807, 2.05) is 77.7 Å². The van der Waals surface area contributed by atoms with E-state index in [1.165, 1.54) is 0 Å². The Hall–Kier alpha value is -2.87. The first-order valence-electron chi connectivity index (χ1n) is 9.18. The second kappa shape index (κ2) is 9.30. The van der Waals surface area contributed by atoms with Gasteiger partial charge in [0.1, 0.15) is 0 Å². The van der Waals surface area contributed by atoms with Crippen LogP contribution < -0.4 is 10.6 Å². The van der Waals surface area contributed by atoms with Crippen LogP contribution >= 0.6 is 35.4 Å². The van der Waals surface area contributed by atoms with Crippen LogP contribution in [0.3, 0.4) is 0 Å². The van der Waals surface area contributed by atoms with Crippen molar-refractivity contribution in [1.82, 2.24) is 19.6 Å². The number of anilines is 2. The van der Waals surface area contributed by atoms with Crippen LogP contribution in [0.1, 0.15) is 11.1 Å². The highest BCUT2D eigenvalue weighted by atomic mass is 35.5. The van der Waals surface area contributed by atoms with Gasteiger partial charge in [-0.15, -0.1) is 0 Å². The smallest absolute Gasteiger partial charge is 0.177 e. The number of rotatable bonds is 6. The van der Waals surface area contributed by atoms with Gasteiger partial charge in [-0.2, -0.15) is 10.2 Å². The molecule has 0 saturated heterocycles. The molecule has 0 fully saturated rings. The Labute approximate surface area is 189 Å². The highest BCUT2D eigenvalue weighted by molar-refractivity contribution is 7.80. The quantitative estimate of drug-likeness (QED) is 0.385. The Balaban J connectivity index is 1.32. The number of aromatic nitrogens is 4. The third kappa shape index (κ3) is 5.38. The van der Waals surface area contributed by atoms with E-state index in [-0.39, 0.29) is 0 Å². The third-order valence-electron chi connectivity index (χ3n) is 4.31. The van der Waals surface area contributed by atoms with Gasteiger partial charge >= 0.3 is 0 Å². The fraction of sp³-hybridized carbons (Fsp3) is 0.0952. The van der Waals surface area contributed by atoms with E-state index in [4.69, 9.17) is 35.4 Å². The zero-order valence-electron chi connectivity index (χ0n) is 15.8. The first-order valence-corrected chi connectivity index (χ1v) is 10.3. The van der Waals surface area contributed by atoms with Crippen molar-refractivity contribution in [1.29, 1.82) is 0 Å². The van der Waals surface area contributed by atoms with Gasteiger partial charge in [0.05, 0.1) is 13.1 Å². The minimum Gasteiger partial charge on any atom is -0.316 e. The highest BCUT2D eigenvalue weighted by Crippen LogP contribution is 2.17. The van der Waals surface area contributed by atoms with Crippen LogP contribution in [0.2, 0.25) is 10.0 Å². The summed E-state index contributed by atoms with van der Waals surface area (Å²) in [5, 5.41) is 16.9. The van der Waals surface area contributed by atoms with Gasteiger partial charge in [-0.3, -0.25) is 9.36 Å². The number of hydrogen-bond donors (Lipinski definition) is 2. The molecule has 9 heteroatoms. The third-order valence-corrected chi connectivity index (χ3v) is 5.14. The maximum absolute atomic E-state index is 6.21. The van der Waals surface area contributed by atoms with Gasteiger partial charge in [0, 0.05) is 34.6 Å². The molecule has 0 bridgehead atoms. The van der Waals surface area contributed by atoms with Crippen molar-refractivity contribution in [3.63, 3.8) is 0 Å². The van der Waals surface area contributed by atoms with Crippen LogP contribution in [0.4, 0.5) is 11.6 Å². The van der Waals surface area contributed by atoms with Crippen LogP contribution in [0.5, 0.6) is 0 Å². The van der Waals surface area contributed by atoms with E-state index < -0.39 is 0 Å². The van der Waals surface area contributed by atoms with Crippen molar-refractivity contribution in [2.24, 2.45) is 0 Å². The molecule has 152 valence electrons. The van der Waals surface area contributed by atoms with E-state index in [0.717, 1.165) is 11.1 Å². The van der Waals surface area contributed by atoms with Crippen molar-refractivity contribution in [2.75, 3.05) is 10.6 Å². The Morgan fingerprint density at radius 2 is 1.40 bits per heavy atom. The zero-order valence-corrected chi connectivity index (χ0v) is 18.1. The fourth-order valence-electron chi connectivity index (χ4n) is 2.87. The number of halogens is 2. The number of nitrogens with one attached hydrogen (secondary N) is 2. The molecule has 0 atom stereocenters. The molecule has 2 aromatic carbocycles. The fourth-order valence-corrected chi connectivity index (χ4v) is 3.41. The molecule has 0 spiro atoms. The van der Waals surface area contributed by atoms with Crippen LogP contribution in [0.25, 0.3) is 0 Å². The summed E-state index contributed by atoms with van der Waals surface area (Å²) < 4.78 is 3.62. The second-order valence-corrected chi connectivity index (χ2v) is 7.85. The van der Waals surface area contributed by atoms with Gasteiger partial charge in [0.2, 0.25) is 0 Å². The van der Waals surface area contributed by atoms with Crippen LogP contribution in [-0.2, 0) is 13.1 Å². The topological polar surface area (TPSA) is 59.7 Å². The summed E-state index contributed by atoms with van der Waals surface area (Å²) in [6.45, 7) is 1.22. The molecule has 4 rings (SSSR count). The molecule has 2 heterocycles. The van der Waals surface area contributed by atoms with E-state index in [9.17, 15) is 0 Å². The molecule has 0 saturated carbocycles. The largest absolute Gasteiger partial charge is 0.316 e. The van der Waals surface area contributed by atoms with Crippen molar-refractivity contribution in [3.05, 3.63) is 94.2 Å². The van der Waals surface area contributed by atoms with Crippen molar-refractivity contribution in [3.8, 4) is 0 Å². The van der Waals surface area contributed by atoms with Gasteiger partial charge in [0.15, 0.2) is 16.7 Å². The van der Waals surface area contributed by atoms with E-state index in [2.05, 4.69) is 20.8 Å². The number of benzene rings is 2. The van der Waals surface area contributed by atoms with Crippen molar-refractivity contribution >= 4 is 52.2 Å². The number of hydrogen-bond acceptors (Lipinski definition) is 3. The van der Waals surface area contributed by atoms with E-state index in [1.54, 1.807) is 4.68 Å². The molecule has 4 aromatic rings. The summed E-state index contributed by atoms with van der Waals surface area (Å²) >= 11 is 17.5. The summed E-state index contributed by atoms with van der Waals surface area (Å²) in [7, 11) is 0. The molecule has 0 aliphatic carbocycles. The molecule has 2 aromatic heterocycles. The van der Waals surface area contributed by atoms with Gasteiger partial charge in [-0.25, -0.2) is 0 Å². The van der Waals surface area contributed by atoms with Crippen molar-refractivity contribution < 1.29 is 0 Å². The van der Waals surface area contributed by atoms with Crippen LogP contribution in [0.15, 0.2) is 73.1 Å². The zero-order chi connectivity index (χ0) is 20.9. The minimum absolute atomic E-state index is 0.412. The molecule has 30 heavy (non-hydrogen) atoms. The Morgan fingerprint density at radius 1 is 0.800 bits per heavy atom. The predicted octanol–water partition coefficient (Wildman–Crippen LogP) is 5.29. The minimum atomic E-state index is 0.412. The maximum atomic E-state index is 6.21. The molecule has 0 radical (unpaired) electrons. The van der Waals surface area contributed by atoms with E-state index >= 15 is 0 Å². The molecular formula is C21H18Cl2N6S. The monoisotopic (exact) mass is 456 g/mol. The normalized spacial score (nSPS) is 10.7. The van der Waals surface area contributed by atoms with Crippen LogP contribution in [0, 0.1) is 0 Å².